The first-order valence-electron chi connectivity index (χ1n) is 20.1. The molecule has 0 saturated carbocycles. The van der Waals surface area contributed by atoms with E-state index in [-0.39, 0.29) is 11.8 Å². The summed E-state index contributed by atoms with van der Waals surface area (Å²) >= 11 is 0. The number of hydrogen-bond donors (Lipinski definition) is 2. The van der Waals surface area contributed by atoms with Crippen molar-refractivity contribution < 1.29 is 14.9 Å². The molecule has 0 unspecified atom stereocenters. The van der Waals surface area contributed by atoms with E-state index >= 15 is 0 Å². The predicted octanol–water partition coefficient (Wildman–Crippen LogP) is 9.30. The topological polar surface area (TPSA) is 175 Å². The molecule has 3 aromatic carbocycles. The Morgan fingerprint density at radius 1 is 0.422 bits per heavy atom. The number of aromatic nitrogens is 9. The summed E-state index contributed by atoms with van der Waals surface area (Å²) in [6, 6.07) is 40.0. The van der Waals surface area contributed by atoms with E-state index in [1.165, 1.54) is 12.3 Å². The molecule has 2 N–H and O–H groups in total. The zero-order valence-corrected chi connectivity index (χ0v) is 35.2. The van der Waals surface area contributed by atoms with Gasteiger partial charge in [0.2, 0.25) is 35.5 Å². The van der Waals surface area contributed by atoms with Gasteiger partial charge in [-0.25, -0.2) is 44.9 Å². The van der Waals surface area contributed by atoms with E-state index in [0.717, 1.165) is 39.3 Å². The molecule has 15 heteroatoms. The number of ether oxygens (including phenoxy) is 1. The van der Waals surface area contributed by atoms with Crippen molar-refractivity contribution in [3.05, 3.63) is 158 Å². The molecule has 0 radical (unpaired) electrons. The summed E-state index contributed by atoms with van der Waals surface area (Å²) in [7, 11) is 7.32. The maximum atomic E-state index is 10.1. The van der Waals surface area contributed by atoms with Gasteiger partial charge in [0.25, 0.3) is 0 Å². The normalized spacial score (nSPS) is 10.9. The Hall–Kier alpha value is -8.85. The average molecular weight is 845 g/mol. The third-order valence-electron chi connectivity index (χ3n) is 10.6. The minimum absolute atomic E-state index is 0.0899. The van der Waals surface area contributed by atoms with Gasteiger partial charge in [-0.2, -0.15) is 0 Å². The van der Waals surface area contributed by atoms with Crippen LogP contribution in [0.3, 0.4) is 0 Å². The SMILES string of the molecule is COc1ccc(-c2cc(-c3cccc(N(C)c4ncc(-c5cccc(N(C)c6nccc(-c7ccnc(O)c7)n6)c5)c(-c5ccc(O)nc5)n4)c3)nc(N(C)c3ccccc3)n2)cn1. The van der Waals surface area contributed by atoms with Crippen molar-refractivity contribution in [2.24, 2.45) is 0 Å². The fourth-order valence-corrected chi connectivity index (χ4v) is 7.03. The molecule has 9 aromatic rings. The Balaban J connectivity index is 1.07. The second-order valence-electron chi connectivity index (χ2n) is 14.6. The molecule has 0 amide bonds. The Kier molecular flexibility index (Phi) is 11.2. The molecule has 64 heavy (non-hydrogen) atoms. The molecule has 9 rings (SSSR count). The highest BCUT2D eigenvalue weighted by atomic mass is 16.5. The highest BCUT2D eigenvalue weighted by Crippen LogP contribution is 2.37. The lowest BCUT2D eigenvalue weighted by Crippen LogP contribution is -2.15. The molecule has 0 aliphatic rings. The van der Waals surface area contributed by atoms with E-state index in [9.17, 15) is 10.2 Å². The molecule has 15 nitrogen and oxygen atoms in total. The third-order valence-corrected chi connectivity index (χ3v) is 10.6. The molecule has 0 bridgehead atoms. The number of hydrogen-bond acceptors (Lipinski definition) is 15. The standard InChI is InChI=1S/C49H40N12O3/c1-59(36-12-6-5-7-13-36)49-56-41(27-42(57-49)34-17-19-45(64-4)53-28-34)32-11-9-15-38(25-32)61(3)48-54-30-39(46(58-48)35-16-18-43(62)52-29-35)31-10-8-14-37(24-31)60(2)47-51-23-21-40(55-47)33-20-22-50-44(63)26-33/h5-30H,1-4H3,(H,50,63)(H,52,62). The minimum atomic E-state index is -0.101. The van der Waals surface area contributed by atoms with Gasteiger partial charge in [0.15, 0.2) is 0 Å². The van der Waals surface area contributed by atoms with Crippen molar-refractivity contribution in [1.29, 1.82) is 0 Å². The van der Waals surface area contributed by atoms with Crippen LogP contribution in [0, 0.1) is 0 Å². The first-order valence-corrected chi connectivity index (χ1v) is 20.1. The molecule has 0 aliphatic heterocycles. The van der Waals surface area contributed by atoms with Crippen LogP contribution in [0.1, 0.15) is 0 Å². The molecule has 0 aliphatic carbocycles. The monoisotopic (exact) mass is 844 g/mol. The van der Waals surface area contributed by atoms with E-state index in [0.29, 0.717) is 57.6 Å². The second kappa shape index (κ2) is 17.6. The summed E-state index contributed by atoms with van der Waals surface area (Å²) in [5, 5.41) is 20.1. The fourth-order valence-electron chi connectivity index (χ4n) is 7.03. The number of para-hydroxylation sites is 1. The molecule has 0 atom stereocenters. The van der Waals surface area contributed by atoms with Gasteiger partial charge in [-0.05, 0) is 72.3 Å². The number of methoxy groups -OCH3 is 1. The zero-order chi connectivity index (χ0) is 44.2. The Labute approximate surface area is 368 Å². The molecule has 314 valence electrons. The zero-order valence-electron chi connectivity index (χ0n) is 35.2. The van der Waals surface area contributed by atoms with Crippen LogP contribution in [0.25, 0.3) is 56.2 Å². The van der Waals surface area contributed by atoms with Crippen LogP contribution in [0.15, 0.2) is 158 Å². The van der Waals surface area contributed by atoms with Gasteiger partial charge < -0.3 is 29.6 Å². The summed E-state index contributed by atoms with van der Waals surface area (Å²) in [6.07, 6.45) is 8.33. The second-order valence-corrected chi connectivity index (χ2v) is 14.6. The van der Waals surface area contributed by atoms with E-state index < -0.39 is 0 Å². The van der Waals surface area contributed by atoms with Gasteiger partial charge in [-0.3, -0.25) is 0 Å². The van der Waals surface area contributed by atoms with Crippen molar-refractivity contribution in [3.63, 3.8) is 0 Å². The number of benzene rings is 3. The maximum Gasteiger partial charge on any atom is 0.230 e. The van der Waals surface area contributed by atoms with Crippen molar-refractivity contribution in [2.75, 3.05) is 43.0 Å². The molecule has 0 saturated heterocycles. The first-order chi connectivity index (χ1) is 31.2. The van der Waals surface area contributed by atoms with Crippen molar-refractivity contribution >= 4 is 34.9 Å². The summed E-state index contributed by atoms with van der Waals surface area (Å²) in [5.74, 6) is 1.72. The number of aromatic hydroxyl groups is 2. The van der Waals surface area contributed by atoms with Crippen LogP contribution in [-0.4, -0.2) is 83.3 Å². The fraction of sp³-hybridized carbons (Fsp3) is 0.0816. The highest BCUT2D eigenvalue weighted by molar-refractivity contribution is 5.83. The lowest BCUT2D eigenvalue weighted by molar-refractivity contribution is 0.398. The van der Waals surface area contributed by atoms with Crippen LogP contribution < -0.4 is 19.4 Å². The van der Waals surface area contributed by atoms with Crippen molar-refractivity contribution in [3.8, 4) is 73.8 Å². The van der Waals surface area contributed by atoms with E-state index in [4.69, 9.17) is 29.7 Å². The van der Waals surface area contributed by atoms with Crippen LogP contribution >= 0.6 is 0 Å². The van der Waals surface area contributed by atoms with Gasteiger partial charge in [-0.1, -0.05) is 42.5 Å². The van der Waals surface area contributed by atoms with Crippen LogP contribution in [-0.2, 0) is 0 Å². The molecular formula is C49H40N12O3. The van der Waals surface area contributed by atoms with Crippen molar-refractivity contribution in [2.45, 2.75) is 0 Å². The minimum Gasteiger partial charge on any atom is -0.493 e. The van der Waals surface area contributed by atoms with Crippen molar-refractivity contribution in [1.82, 2.24) is 44.9 Å². The molecule has 6 heterocycles. The van der Waals surface area contributed by atoms with Gasteiger partial charge in [0, 0.05) is 115 Å². The molecule has 0 fully saturated rings. The molecular weight excluding hydrogens is 805 g/mol. The van der Waals surface area contributed by atoms with Gasteiger partial charge in [0.05, 0.1) is 29.9 Å². The average Bonchev–Trinajstić information content (AvgIpc) is 3.36. The van der Waals surface area contributed by atoms with Gasteiger partial charge in [-0.15, -0.1) is 0 Å². The summed E-state index contributed by atoms with van der Waals surface area (Å²) < 4.78 is 5.31. The molecule has 6 aromatic heterocycles. The highest BCUT2D eigenvalue weighted by Gasteiger charge is 2.19. The summed E-state index contributed by atoms with van der Waals surface area (Å²) in [6.45, 7) is 0. The smallest absolute Gasteiger partial charge is 0.230 e. The van der Waals surface area contributed by atoms with E-state index in [2.05, 4.69) is 19.9 Å². The first kappa shape index (κ1) is 40.6. The maximum absolute atomic E-state index is 10.1. The number of nitrogens with zero attached hydrogens (tertiary/aromatic N) is 12. The van der Waals surface area contributed by atoms with Gasteiger partial charge in [0.1, 0.15) is 0 Å². The Morgan fingerprint density at radius 3 is 1.75 bits per heavy atom. The lowest BCUT2D eigenvalue weighted by Gasteiger charge is -2.21. The Bertz CT molecular complexity index is 3080. The summed E-state index contributed by atoms with van der Waals surface area (Å²) in [4.78, 5) is 47.6. The lowest BCUT2D eigenvalue weighted by atomic mass is 10.0. The van der Waals surface area contributed by atoms with E-state index in [1.54, 1.807) is 56.2 Å². The number of pyridine rings is 3. The predicted molar refractivity (Wildman–Crippen MR) is 247 cm³/mol. The largest absolute Gasteiger partial charge is 0.493 e. The number of rotatable bonds is 12. The van der Waals surface area contributed by atoms with Crippen LogP contribution in [0.4, 0.5) is 34.9 Å². The van der Waals surface area contributed by atoms with Crippen LogP contribution in [0.2, 0.25) is 0 Å². The van der Waals surface area contributed by atoms with Gasteiger partial charge >= 0.3 is 0 Å². The summed E-state index contributed by atoms with van der Waals surface area (Å²) in [5.41, 5.74) is 9.87. The Morgan fingerprint density at radius 2 is 1.05 bits per heavy atom. The number of anilines is 6. The molecule has 0 spiro atoms. The quantitative estimate of drug-likeness (QED) is 0.119. The van der Waals surface area contributed by atoms with Crippen LogP contribution in [0.5, 0.6) is 17.6 Å². The third kappa shape index (κ3) is 8.53. The van der Waals surface area contributed by atoms with E-state index in [1.807, 2.05) is 133 Å².